The van der Waals surface area contributed by atoms with Gasteiger partial charge in [0.1, 0.15) is 5.82 Å². The minimum absolute atomic E-state index is 0.376. The first-order chi connectivity index (χ1) is 16.0. The molecule has 2 aliphatic rings. The minimum atomic E-state index is -4.34. The largest absolute Gasteiger partial charge is 0.416 e. The van der Waals surface area contributed by atoms with Crippen LogP contribution in [0, 0.1) is 0 Å². The summed E-state index contributed by atoms with van der Waals surface area (Å²) in [6, 6.07) is 15.9. The number of aromatic nitrogens is 2. The maximum atomic E-state index is 13.0. The molecular formula is C26H29F3N4. The Hall–Kier alpha value is -2.80. The molecule has 4 nitrogen and oxygen atoms in total. The van der Waals surface area contributed by atoms with Crippen molar-refractivity contribution >= 4 is 5.82 Å². The number of hydrogen-bond donors (Lipinski definition) is 1. The van der Waals surface area contributed by atoms with Gasteiger partial charge in [0.15, 0.2) is 0 Å². The molecule has 1 saturated heterocycles. The van der Waals surface area contributed by atoms with E-state index in [0.717, 1.165) is 81.9 Å². The molecule has 1 aromatic heterocycles. The molecule has 33 heavy (non-hydrogen) atoms. The highest BCUT2D eigenvalue weighted by atomic mass is 19.4. The van der Waals surface area contributed by atoms with Crippen LogP contribution in [0.2, 0.25) is 0 Å². The Morgan fingerprint density at radius 3 is 2.36 bits per heavy atom. The molecule has 174 valence electrons. The predicted octanol–water partition coefficient (Wildman–Crippen LogP) is 6.02. The zero-order valence-electron chi connectivity index (χ0n) is 18.6. The first-order valence-corrected chi connectivity index (χ1v) is 11.8. The summed E-state index contributed by atoms with van der Waals surface area (Å²) in [5.74, 6) is 1.33. The number of hydrogen-bond acceptors (Lipinski definition) is 3. The fourth-order valence-electron chi connectivity index (χ4n) is 5.04. The number of alkyl halides is 3. The van der Waals surface area contributed by atoms with Gasteiger partial charge in [-0.15, -0.1) is 0 Å². The van der Waals surface area contributed by atoms with Crippen LogP contribution >= 0.6 is 0 Å². The zero-order valence-corrected chi connectivity index (χ0v) is 18.6. The lowest BCUT2D eigenvalue weighted by Gasteiger charge is -2.31. The highest BCUT2D eigenvalue weighted by Crippen LogP contribution is 2.37. The van der Waals surface area contributed by atoms with Crippen LogP contribution in [-0.2, 0) is 19.1 Å². The van der Waals surface area contributed by atoms with E-state index in [-0.39, 0.29) is 0 Å². The molecule has 1 N–H and O–H groups in total. The molecule has 7 heteroatoms. The van der Waals surface area contributed by atoms with Gasteiger partial charge in [-0.25, -0.2) is 4.68 Å². The van der Waals surface area contributed by atoms with Crippen LogP contribution in [0.3, 0.4) is 0 Å². The molecule has 0 saturated carbocycles. The SMILES string of the molecule is FC(F)(F)c1ccc(-n2nc(C3CCN(Cc4ccccc4)CC3)c3c2NCCCC3)cc1. The minimum Gasteiger partial charge on any atom is -0.370 e. The van der Waals surface area contributed by atoms with E-state index in [1.165, 1.54) is 23.3 Å². The number of benzene rings is 2. The van der Waals surface area contributed by atoms with Crippen molar-refractivity contribution in [1.29, 1.82) is 0 Å². The second kappa shape index (κ2) is 9.21. The maximum absolute atomic E-state index is 13.0. The lowest BCUT2D eigenvalue weighted by molar-refractivity contribution is -0.137. The molecule has 0 atom stereocenters. The van der Waals surface area contributed by atoms with Crippen molar-refractivity contribution in [2.24, 2.45) is 0 Å². The van der Waals surface area contributed by atoms with Gasteiger partial charge in [0.25, 0.3) is 0 Å². The van der Waals surface area contributed by atoms with Gasteiger partial charge in [-0.2, -0.15) is 18.3 Å². The van der Waals surface area contributed by atoms with E-state index in [9.17, 15) is 13.2 Å². The summed E-state index contributed by atoms with van der Waals surface area (Å²) in [7, 11) is 0. The number of rotatable bonds is 4. The van der Waals surface area contributed by atoms with Crippen LogP contribution in [0.25, 0.3) is 5.69 Å². The van der Waals surface area contributed by atoms with Gasteiger partial charge in [-0.05, 0) is 75.0 Å². The third-order valence-corrected chi connectivity index (χ3v) is 6.82. The molecule has 0 unspecified atom stereocenters. The lowest BCUT2D eigenvalue weighted by Crippen LogP contribution is -2.32. The van der Waals surface area contributed by atoms with Gasteiger partial charge in [0.2, 0.25) is 0 Å². The van der Waals surface area contributed by atoms with Gasteiger partial charge in [0, 0.05) is 24.6 Å². The average molecular weight is 455 g/mol. The summed E-state index contributed by atoms with van der Waals surface area (Å²) in [5.41, 5.74) is 3.73. The van der Waals surface area contributed by atoms with E-state index in [4.69, 9.17) is 5.10 Å². The molecule has 0 amide bonds. The summed E-state index contributed by atoms with van der Waals surface area (Å²) < 4.78 is 40.9. The quantitative estimate of drug-likeness (QED) is 0.523. The van der Waals surface area contributed by atoms with Gasteiger partial charge < -0.3 is 5.32 Å². The highest BCUT2D eigenvalue weighted by Gasteiger charge is 2.31. The van der Waals surface area contributed by atoms with Crippen LogP contribution in [0.15, 0.2) is 54.6 Å². The normalized spacial score (nSPS) is 17.9. The number of anilines is 1. The van der Waals surface area contributed by atoms with E-state index in [1.54, 1.807) is 0 Å². The molecule has 0 radical (unpaired) electrons. The molecule has 0 aliphatic carbocycles. The van der Waals surface area contributed by atoms with Crippen molar-refractivity contribution in [1.82, 2.24) is 14.7 Å². The number of fused-ring (bicyclic) bond motifs is 1. The third kappa shape index (κ3) is 4.78. The van der Waals surface area contributed by atoms with Gasteiger partial charge >= 0.3 is 6.18 Å². The first-order valence-electron chi connectivity index (χ1n) is 11.8. The Kier molecular flexibility index (Phi) is 6.15. The summed E-state index contributed by atoms with van der Waals surface area (Å²) in [5, 5.41) is 8.49. The summed E-state index contributed by atoms with van der Waals surface area (Å²) in [6.45, 7) is 3.87. The van der Waals surface area contributed by atoms with Gasteiger partial charge in [0.05, 0.1) is 16.9 Å². The van der Waals surface area contributed by atoms with Crippen molar-refractivity contribution in [2.45, 2.75) is 50.7 Å². The zero-order chi connectivity index (χ0) is 22.8. The molecule has 1 fully saturated rings. The van der Waals surface area contributed by atoms with Crippen LogP contribution < -0.4 is 5.32 Å². The topological polar surface area (TPSA) is 33.1 Å². The second-order valence-corrected chi connectivity index (χ2v) is 9.09. The molecule has 2 aliphatic heterocycles. The molecule has 0 spiro atoms. The van der Waals surface area contributed by atoms with E-state index in [0.29, 0.717) is 11.6 Å². The lowest BCUT2D eigenvalue weighted by atomic mass is 9.90. The molecule has 5 rings (SSSR count). The standard InChI is InChI=1S/C26H29F3N4/c27-26(28,29)21-9-11-22(12-10-21)33-25-23(8-4-5-15-30-25)24(31-33)20-13-16-32(17-14-20)18-19-6-2-1-3-7-19/h1-3,6-7,9-12,20,30H,4-5,8,13-18H2. The third-order valence-electron chi connectivity index (χ3n) is 6.82. The van der Waals surface area contributed by atoms with Gasteiger partial charge in [-0.3, -0.25) is 4.90 Å². The van der Waals surface area contributed by atoms with Crippen molar-refractivity contribution in [3.05, 3.63) is 77.0 Å². The van der Waals surface area contributed by atoms with E-state index in [1.807, 2.05) is 10.7 Å². The summed E-state index contributed by atoms with van der Waals surface area (Å²) in [4.78, 5) is 2.50. The smallest absolute Gasteiger partial charge is 0.370 e. The van der Waals surface area contributed by atoms with Crippen molar-refractivity contribution in [3.8, 4) is 5.69 Å². The Bertz CT molecular complexity index is 1070. The van der Waals surface area contributed by atoms with E-state index in [2.05, 4.69) is 34.5 Å². The maximum Gasteiger partial charge on any atom is 0.416 e. The molecular weight excluding hydrogens is 425 g/mol. The first kappa shape index (κ1) is 22.0. The second-order valence-electron chi connectivity index (χ2n) is 9.09. The van der Waals surface area contributed by atoms with Crippen molar-refractivity contribution in [2.75, 3.05) is 25.0 Å². The molecule has 3 heterocycles. The Morgan fingerprint density at radius 1 is 0.939 bits per heavy atom. The number of halogens is 3. The molecule has 0 bridgehead atoms. The number of nitrogens with zero attached hydrogens (tertiary/aromatic N) is 3. The highest BCUT2D eigenvalue weighted by molar-refractivity contribution is 5.55. The number of piperidine rings is 1. The van der Waals surface area contributed by atoms with Crippen molar-refractivity contribution < 1.29 is 13.2 Å². The Morgan fingerprint density at radius 2 is 1.67 bits per heavy atom. The summed E-state index contributed by atoms with van der Waals surface area (Å²) in [6.07, 6.45) is 0.890. The van der Waals surface area contributed by atoms with E-state index < -0.39 is 11.7 Å². The van der Waals surface area contributed by atoms with Crippen LogP contribution in [0.4, 0.5) is 19.0 Å². The van der Waals surface area contributed by atoms with Crippen molar-refractivity contribution in [3.63, 3.8) is 0 Å². The summed E-state index contributed by atoms with van der Waals surface area (Å²) >= 11 is 0. The number of likely N-dealkylation sites (tertiary alicyclic amines) is 1. The van der Waals surface area contributed by atoms with E-state index >= 15 is 0 Å². The average Bonchev–Trinajstić information content (AvgIpc) is 3.00. The number of nitrogens with one attached hydrogen (secondary N) is 1. The fourth-order valence-corrected chi connectivity index (χ4v) is 5.04. The van der Waals surface area contributed by atoms with Crippen LogP contribution in [0.5, 0.6) is 0 Å². The predicted molar refractivity (Wildman–Crippen MR) is 124 cm³/mol. The monoisotopic (exact) mass is 454 g/mol. The fraction of sp³-hybridized carbons (Fsp3) is 0.423. The van der Waals surface area contributed by atoms with Crippen LogP contribution in [-0.4, -0.2) is 34.3 Å². The Labute approximate surface area is 192 Å². The van der Waals surface area contributed by atoms with Crippen LogP contribution in [0.1, 0.15) is 54.0 Å². The van der Waals surface area contributed by atoms with Gasteiger partial charge in [-0.1, -0.05) is 30.3 Å². The Balaban J connectivity index is 1.38. The molecule has 2 aromatic carbocycles. The molecule has 3 aromatic rings.